The molecule has 5 aromatic rings. The Morgan fingerprint density at radius 1 is 0.419 bits per heavy atom. The Hall–Kier alpha value is -13.2. The van der Waals surface area contributed by atoms with Crippen LogP contribution in [0.5, 0.6) is 11.5 Å². The zero-order chi connectivity index (χ0) is 106. The van der Waals surface area contributed by atoms with E-state index >= 15 is 0 Å². The molecule has 3 saturated heterocycles. The van der Waals surface area contributed by atoms with E-state index in [9.17, 15) is 111 Å². The third-order valence-corrected chi connectivity index (χ3v) is 26.0. The molecule has 1 unspecified atom stereocenters. The van der Waals surface area contributed by atoms with Crippen molar-refractivity contribution in [3.8, 4) is 23.6 Å². The summed E-state index contributed by atoms with van der Waals surface area (Å²) in [5, 5.41) is 88.1. The summed E-state index contributed by atoms with van der Waals surface area (Å²) < 4.78 is 90.9. The van der Waals surface area contributed by atoms with E-state index in [1.165, 1.54) is 24.5 Å². The molecule has 810 valence electrons. The molecule has 148 heavy (non-hydrogen) atoms. The Morgan fingerprint density at radius 3 is 1.20 bits per heavy atom. The highest BCUT2D eigenvalue weighted by Gasteiger charge is 2.49. The number of ether oxygens (including phenoxy) is 6. The van der Waals surface area contributed by atoms with Gasteiger partial charge in [-0.15, -0.1) is 0 Å². The number of hydrogen-bond donors (Lipinski definition) is 14. The van der Waals surface area contributed by atoms with Crippen molar-refractivity contribution in [3.05, 3.63) is 72.1 Å². The minimum atomic E-state index is -3.20. The van der Waals surface area contributed by atoms with Crippen LogP contribution in [0.4, 0.5) is 35.4 Å². The molecule has 14 N–H and O–H groups in total. The van der Waals surface area contributed by atoms with Crippen molar-refractivity contribution < 1.29 is 129 Å². The number of nitrogens with one attached hydrogen (secondary N) is 10. The number of halogens is 4. The van der Waals surface area contributed by atoms with Crippen molar-refractivity contribution in [1.29, 1.82) is 10.5 Å². The van der Waals surface area contributed by atoms with Crippen molar-refractivity contribution in [1.82, 2.24) is 91.5 Å². The second-order valence-corrected chi connectivity index (χ2v) is 37.1. The lowest BCUT2D eigenvalue weighted by Gasteiger charge is -2.35. The van der Waals surface area contributed by atoms with Crippen LogP contribution in [-0.2, 0) is 71.7 Å². The number of nitriles is 2. The van der Waals surface area contributed by atoms with Gasteiger partial charge in [0.2, 0.25) is 59.2 Å². The number of benzene rings is 2. The Labute approximate surface area is 854 Å². The Morgan fingerprint density at radius 2 is 0.797 bits per heavy atom. The first-order valence-electron chi connectivity index (χ1n) is 50.4. The van der Waals surface area contributed by atoms with Crippen LogP contribution in [0.15, 0.2) is 60.9 Å². The lowest BCUT2D eigenvalue weighted by Crippen LogP contribution is -2.52. The van der Waals surface area contributed by atoms with Crippen LogP contribution in [0.2, 0.25) is 0 Å². The van der Waals surface area contributed by atoms with Gasteiger partial charge in [0.15, 0.2) is 0 Å². The maximum atomic E-state index is 13.9. The molecule has 0 bridgehead atoms. The summed E-state index contributed by atoms with van der Waals surface area (Å²) in [4.78, 5) is 196. The first kappa shape index (κ1) is 117. The molecular formula is C98H137F4N23O23. The van der Waals surface area contributed by atoms with Crippen molar-refractivity contribution in [2.45, 2.75) is 158 Å². The zero-order valence-electron chi connectivity index (χ0n) is 83.2. The third kappa shape index (κ3) is 40.4. The molecule has 2 saturated carbocycles. The number of unbranched alkanes of at least 4 members (excludes halogenated alkanes) is 3. The number of aliphatic carboxylic acids is 4. The molecule has 5 fully saturated rings. The van der Waals surface area contributed by atoms with Crippen LogP contribution >= 0.6 is 0 Å². The highest BCUT2D eigenvalue weighted by Crippen LogP contribution is 2.36. The van der Waals surface area contributed by atoms with Crippen molar-refractivity contribution in [2.24, 2.45) is 23.7 Å². The number of carbonyl (C=O) groups excluding carboxylic acids is 9. The van der Waals surface area contributed by atoms with Crippen LogP contribution in [0.25, 0.3) is 21.8 Å². The summed E-state index contributed by atoms with van der Waals surface area (Å²) in [5.74, 6) is -13.0. The Bertz CT molecular complexity index is 5030. The first-order valence-corrected chi connectivity index (χ1v) is 50.4. The Balaban J connectivity index is 0.582. The number of para-hydroxylation sites is 2. The number of likely N-dealkylation sites (tertiary alicyclic amines) is 2. The van der Waals surface area contributed by atoms with E-state index in [0.717, 1.165) is 48.3 Å². The maximum Gasteiger partial charge on any atom is 0.320 e. The van der Waals surface area contributed by atoms with E-state index in [2.05, 4.69) is 78.1 Å². The molecule has 3 aliphatic heterocycles. The maximum absolute atomic E-state index is 13.9. The highest BCUT2D eigenvalue weighted by atomic mass is 19.3. The van der Waals surface area contributed by atoms with Crippen LogP contribution in [0, 0.1) is 46.3 Å². The van der Waals surface area contributed by atoms with Gasteiger partial charge >= 0.3 is 23.9 Å². The molecule has 10 rings (SSSR count). The summed E-state index contributed by atoms with van der Waals surface area (Å²) in [6.07, 6.45) is 10.8. The standard InChI is InChI=1S/C98H137F4N23O23/c99-97(100)53-70(55-103)124(64-97)82(129)59-115-91(139)74-23-31-106-87-72(74)9-5-11-77(87)147-43-7-29-108-89(137)68-17-13-66(14-18-68)57-113-80(127)25-45-143-49-51-145-47-33-111-95-117-94(110-28-4-2-1-3-27-105-79(126)22-21-76(93(141)142)123-41-39-121(62-85(133)134)37-35-120(61-84(131)132)36-38-122(40-42-123)63-86(135)136)118-96(119-95)112-34-48-146-52-50-144-46-26-81(128)114-58-67-15-19-69(20-16-67)90(138)109-30-8-44-148-78-12-6-10-73-75(24-32-107-88(73)78)92(140)116-60-83(130)125-65-98(101,102)54-71(125)56-104/h5-6,9-12,23-24,31-32,66-71,76H,1-4,7-8,13-22,25-30,33-54,57-65H2,(H,105,126)(H,108,137)(H,109,138)(H,113,127)(H,114,128)(H,115,139)(H,116,140)(H,131,132)(H,133,134)(H,135,136)(H,141,142)(H3,110,111,112,117,118,119)/t66?,67?,68?,69?,70-,71-,76?/m0/s1. The topological polar surface area (TPSA) is 610 Å². The number of amides is 9. The molecule has 0 spiro atoms. The minimum absolute atomic E-state index is 0.0590. The molecule has 9 amide bonds. The molecule has 46 nitrogen and oxygen atoms in total. The van der Waals surface area contributed by atoms with Gasteiger partial charge in [0.25, 0.3) is 23.7 Å². The van der Waals surface area contributed by atoms with Crippen molar-refractivity contribution in [3.63, 3.8) is 0 Å². The highest BCUT2D eigenvalue weighted by molar-refractivity contribution is 6.09. The molecule has 2 aliphatic carbocycles. The molecule has 0 radical (unpaired) electrons. The van der Waals surface area contributed by atoms with Crippen molar-refractivity contribution in [2.75, 3.05) is 233 Å². The fourth-order valence-corrected chi connectivity index (χ4v) is 18.0. The second kappa shape index (κ2) is 61.5. The van der Waals surface area contributed by atoms with E-state index in [-0.39, 0.29) is 246 Å². The monoisotopic (exact) mass is 2080 g/mol. The van der Waals surface area contributed by atoms with Gasteiger partial charge in [-0.1, -0.05) is 37.1 Å². The predicted molar refractivity (Wildman–Crippen MR) is 526 cm³/mol. The van der Waals surface area contributed by atoms with Gasteiger partial charge in [-0.05, 0) is 120 Å². The van der Waals surface area contributed by atoms with Crippen LogP contribution in [0.3, 0.4) is 0 Å². The molecule has 6 heterocycles. The summed E-state index contributed by atoms with van der Waals surface area (Å²) in [6, 6.07) is 12.6. The van der Waals surface area contributed by atoms with Crippen LogP contribution in [0.1, 0.15) is 149 Å². The van der Waals surface area contributed by atoms with Gasteiger partial charge < -0.3 is 112 Å². The number of hydrogen-bond acceptors (Lipinski definition) is 33. The van der Waals surface area contributed by atoms with Crippen LogP contribution < -0.4 is 62.6 Å². The van der Waals surface area contributed by atoms with E-state index in [4.69, 9.17) is 28.4 Å². The molecular weight excluding hydrogens is 1940 g/mol. The number of aromatic nitrogens is 5. The molecule has 3 aromatic heterocycles. The summed E-state index contributed by atoms with van der Waals surface area (Å²) in [6.45, 7) is 2.24. The number of anilines is 3. The average Bonchev–Trinajstić information content (AvgIpc) is 1.78. The number of carbonyl (C=O) groups is 13. The fraction of sp³-hybridized carbons (Fsp3) is 0.633. The van der Waals surface area contributed by atoms with E-state index in [0.29, 0.717) is 137 Å². The number of carboxylic acids is 4. The van der Waals surface area contributed by atoms with Gasteiger partial charge in [0, 0.05) is 172 Å². The van der Waals surface area contributed by atoms with Gasteiger partial charge in [-0.3, -0.25) is 91.9 Å². The average molecular weight is 2080 g/mol. The second-order valence-electron chi connectivity index (χ2n) is 37.1. The lowest BCUT2D eigenvalue weighted by atomic mass is 9.81. The smallest absolute Gasteiger partial charge is 0.320 e. The summed E-state index contributed by atoms with van der Waals surface area (Å²) >= 11 is 0. The van der Waals surface area contributed by atoms with Gasteiger partial charge in [-0.2, -0.15) is 25.5 Å². The molecule has 5 aliphatic rings. The number of pyridine rings is 2. The van der Waals surface area contributed by atoms with E-state index in [1.807, 2.05) is 0 Å². The van der Waals surface area contributed by atoms with Gasteiger partial charge in [-0.25, -0.2) is 17.6 Å². The number of nitrogens with zero attached hydrogens (tertiary/aromatic N) is 13. The fourth-order valence-electron chi connectivity index (χ4n) is 18.0. The zero-order valence-corrected chi connectivity index (χ0v) is 83.2. The Kier molecular flexibility index (Phi) is 48.5. The van der Waals surface area contributed by atoms with E-state index in [1.54, 1.807) is 68.1 Å². The number of alkyl halides is 4. The minimum Gasteiger partial charge on any atom is -0.491 e. The SMILES string of the molecule is N#C[C@@H]1CC(F)(F)CN1C(=O)CNC(=O)c1ccnc2c(OCCCNC(=O)C3CCC(CNC(=O)CCOCCOCCNc4nc(NCCCCCCNC(=O)CCC(C(=O)O)N5CCN(CC(=O)O)CCN(CC(=O)O)CCN(CC(=O)O)CC5)nc(NCCOCCOCCC(=O)NCC5CCC(C(=O)NCCCOc6cccc7c(C(=O)NCC(=O)N8CC(F)(F)C[C@H]8C#N)ccnc67)CC5)n4)CC3)cccc12. The lowest BCUT2D eigenvalue weighted by molar-refractivity contribution is -0.145. The van der Waals surface area contributed by atoms with E-state index < -0.39 is 116 Å². The number of rotatable bonds is 61. The van der Waals surface area contributed by atoms with Crippen molar-refractivity contribution >= 4 is 117 Å². The normalized spacial score (nSPS) is 19.0. The summed E-state index contributed by atoms with van der Waals surface area (Å²) in [5.41, 5.74) is 1.12. The quantitative estimate of drug-likeness (QED) is 0.0196. The van der Waals surface area contributed by atoms with Gasteiger partial charge in [0.1, 0.15) is 40.7 Å². The number of carboxylic acid groups (broad SMARTS) is 4. The predicted octanol–water partition coefficient (Wildman–Crippen LogP) is 3.43. The molecule has 50 heteroatoms. The van der Waals surface area contributed by atoms with Gasteiger partial charge in [0.05, 0.1) is 135 Å². The molecule has 2 aromatic carbocycles. The number of fused-ring (bicyclic) bond motifs is 2. The third-order valence-electron chi connectivity index (χ3n) is 26.0. The van der Waals surface area contributed by atoms with Crippen LogP contribution in [-0.4, -0.2) is 398 Å². The largest absolute Gasteiger partial charge is 0.491 e. The summed E-state index contributed by atoms with van der Waals surface area (Å²) in [7, 11) is 0. The molecule has 3 atom stereocenters. The first-order chi connectivity index (χ1) is 71.3.